The molecule has 7 aromatic carbocycles. The van der Waals surface area contributed by atoms with Crippen LogP contribution in [-0.2, 0) is 0 Å². The Kier molecular flexibility index (Phi) is 8.82. The van der Waals surface area contributed by atoms with Gasteiger partial charge in [0.1, 0.15) is 23.0 Å². The van der Waals surface area contributed by atoms with Crippen LogP contribution in [-0.4, -0.2) is 0 Å². The van der Waals surface area contributed by atoms with Gasteiger partial charge in [0.15, 0.2) is 0 Å². The topological polar surface area (TPSA) is 18.5 Å². The summed E-state index contributed by atoms with van der Waals surface area (Å²) < 4.78 is 14.4. The number of ether oxygens (including phenoxy) is 2. The number of para-hydroxylation sites is 2. The number of benzene rings is 7. The normalized spacial score (nSPS) is 10.8. The summed E-state index contributed by atoms with van der Waals surface area (Å²) in [6.07, 6.45) is 0. The zero-order valence-electron chi connectivity index (χ0n) is 24.7. The van der Waals surface area contributed by atoms with E-state index in [4.69, 9.17) is 9.47 Å². The van der Waals surface area contributed by atoms with Crippen molar-refractivity contribution in [3.05, 3.63) is 179 Å². The van der Waals surface area contributed by atoms with Crippen LogP contribution in [0.3, 0.4) is 0 Å². The van der Waals surface area contributed by atoms with Crippen molar-refractivity contribution in [2.75, 3.05) is 0 Å². The monoisotopic (exact) mass is 722 g/mol. The Morgan fingerprint density at radius 1 is 0.283 bits per heavy atom. The summed E-state index contributed by atoms with van der Waals surface area (Å²) >= 11 is 7.23. The summed E-state index contributed by atoms with van der Waals surface area (Å²) in [4.78, 5) is 0. The average Bonchev–Trinajstić information content (AvgIpc) is 3.10. The van der Waals surface area contributed by atoms with E-state index in [0.717, 1.165) is 76.5 Å². The summed E-state index contributed by atoms with van der Waals surface area (Å²) in [7, 11) is 0. The highest BCUT2D eigenvalue weighted by atomic mass is 79.9. The molecular weight excluding hydrogens is 696 g/mol. The second kappa shape index (κ2) is 13.6. The molecule has 0 atom stereocenters. The number of hydrogen-bond donors (Lipinski definition) is 0. The van der Waals surface area contributed by atoms with Crippen LogP contribution in [0.5, 0.6) is 23.0 Å². The largest absolute Gasteiger partial charge is 0.457 e. The molecule has 2 nitrogen and oxygen atoms in total. The third-order valence-corrected chi connectivity index (χ3v) is 8.82. The lowest BCUT2D eigenvalue weighted by Crippen LogP contribution is -1.95. The van der Waals surface area contributed by atoms with Gasteiger partial charge in [-0.25, -0.2) is 0 Å². The highest BCUT2D eigenvalue weighted by molar-refractivity contribution is 9.10. The molecule has 0 saturated carbocycles. The molecule has 222 valence electrons. The van der Waals surface area contributed by atoms with Gasteiger partial charge in [-0.15, -0.1) is 0 Å². The molecule has 0 saturated heterocycles. The molecule has 7 aromatic rings. The van der Waals surface area contributed by atoms with Gasteiger partial charge in [-0.1, -0.05) is 129 Å². The van der Waals surface area contributed by atoms with Gasteiger partial charge >= 0.3 is 0 Å². The van der Waals surface area contributed by atoms with Crippen LogP contribution < -0.4 is 9.47 Å². The minimum Gasteiger partial charge on any atom is -0.457 e. The maximum absolute atomic E-state index is 6.15. The smallest absolute Gasteiger partial charge is 0.127 e. The SMILES string of the molecule is Brc1ccc(-c2ccc(-c3ccc(Br)cc3)c(-c3ccc(Oc4ccccc4)cc3)c2-c2ccc(Oc3ccccc3)cc2)cc1. The number of hydrogen-bond acceptors (Lipinski definition) is 2. The van der Waals surface area contributed by atoms with Gasteiger partial charge < -0.3 is 9.47 Å². The third-order valence-electron chi connectivity index (χ3n) is 7.76. The second-order valence-electron chi connectivity index (χ2n) is 10.8. The van der Waals surface area contributed by atoms with Crippen LogP contribution >= 0.6 is 31.9 Å². The highest BCUT2D eigenvalue weighted by Gasteiger charge is 2.20. The van der Waals surface area contributed by atoms with E-state index in [1.165, 1.54) is 0 Å². The van der Waals surface area contributed by atoms with E-state index < -0.39 is 0 Å². The summed E-state index contributed by atoms with van der Waals surface area (Å²) in [5.41, 5.74) is 9.03. The van der Waals surface area contributed by atoms with Crippen molar-refractivity contribution in [2.24, 2.45) is 0 Å². The molecule has 46 heavy (non-hydrogen) atoms. The lowest BCUT2D eigenvalue weighted by molar-refractivity contribution is 0.482. The zero-order chi connectivity index (χ0) is 31.3. The Hall–Kier alpha value is -4.90. The van der Waals surface area contributed by atoms with E-state index in [9.17, 15) is 0 Å². The average molecular weight is 724 g/mol. The van der Waals surface area contributed by atoms with Gasteiger partial charge in [-0.3, -0.25) is 0 Å². The maximum Gasteiger partial charge on any atom is 0.127 e. The van der Waals surface area contributed by atoms with Gasteiger partial charge in [-0.2, -0.15) is 0 Å². The molecule has 0 aromatic heterocycles. The molecular formula is C42H28Br2O2. The maximum atomic E-state index is 6.15. The van der Waals surface area contributed by atoms with Crippen LogP contribution in [0, 0.1) is 0 Å². The minimum absolute atomic E-state index is 0.785. The fourth-order valence-electron chi connectivity index (χ4n) is 5.57. The fourth-order valence-corrected chi connectivity index (χ4v) is 6.10. The summed E-state index contributed by atoms with van der Waals surface area (Å²) in [6, 6.07) is 58.0. The predicted molar refractivity (Wildman–Crippen MR) is 197 cm³/mol. The van der Waals surface area contributed by atoms with Crippen molar-refractivity contribution >= 4 is 31.9 Å². The molecule has 0 spiro atoms. The summed E-state index contributed by atoms with van der Waals surface area (Å²) in [6.45, 7) is 0. The van der Waals surface area contributed by atoms with Gasteiger partial charge in [0, 0.05) is 8.95 Å². The Morgan fingerprint density at radius 3 is 0.935 bits per heavy atom. The van der Waals surface area contributed by atoms with Crippen molar-refractivity contribution in [3.63, 3.8) is 0 Å². The van der Waals surface area contributed by atoms with Crippen LogP contribution in [0.4, 0.5) is 0 Å². The van der Waals surface area contributed by atoms with E-state index >= 15 is 0 Å². The van der Waals surface area contributed by atoms with E-state index in [1.54, 1.807) is 0 Å². The first-order valence-corrected chi connectivity index (χ1v) is 16.5. The van der Waals surface area contributed by atoms with Gasteiger partial charge in [-0.05, 0) is 117 Å². The van der Waals surface area contributed by atoms with Crippen LogP contribution in [0.15, 0.2) is 179 Å². The number of halogens is 2. The quantitative estimate of drug-likeness (QED) is 0.155. The van der Waals surface area contributed by atoms with E-state index in [2.05, 4.69) is 117 Å². The van der Waals surface area contributed by atoms with Crippen molar-refractivity contribution < 1.29 is 9.47 Å². The molecule has 0 N–H and O–H groups in total. The van der Waals surface area contributed by atoms with Crippen molar-refractivity contribution in [3.8, 4) is 67.5 Å². The van der Waals surface area contributed by atoms with Crippen molar-refractivity contribution in [2.45, 2.75) is 0 Å². The molecule has 0 heterocycles. The molecule has 0 bridgehead atoms. The molecule has 7 rings (SSSR count). The lowest BCUT2D eigenvalue weighted by atomic mass is 9.83. The molecule has 0 aliphatic heterocycles. The molecule has 4 heteroatoms. The van der Waals surface area contributed by atoms with E-state index in [-0.39, 0.29) is 0 Å². The van der Waals surface area contributed by atoms with Gasteiger partial charge in [0.05, 0.1) is 0 Å². The zero-order valence-corrected chi connectivity index (χ0v) is 27.9. The summed E-state index contributed by atoms with van der Waals surface area (Å²) in [5.74, 6) is 3.18. The molecule has 0 radical (unpaired) electrons. The van der Waals surface area contributed by atoms with Gasteiger partial charge in [0.2, 0.25) is 0 Å². The second-order valence-corrected chi connectivity index (χ2v) is 12.6. The van der Waals surface area contributed by atoms with Gasteiger partial charge in [0.25, 0.3) is 0 Å². The Labute approximate surface area is 286 Å². The predicted octanol–water partition coefficient (Wildman–Crippen LogP) is 13.5. The van der Waals surface area contributed by atoms with E-state index in [1.807, 2.05) is 84.9 Å². The van der Waals surface area contributed by atoms with Crippen LogP contribution in [0.2, 0.25) is 0 Å². The number of rotatable bonds is 8. The lowest BCUT2D eigenvalue weighted by Gasteiger charge is -2.21. The van der Waals surface area contributed by atoms with Crippen molar-refractivity contribution in [1.82, 2.24) is 0 Å². The first-order chi connectivity index (χ1) is 22.6. The molecule has 0 fully saturated rings. The molecule has 0 aliphatic carbocycles. The Balaban J connectivity index is 1.41. The molecule has 0 amide bonds. The first kappa shape index (κ1) is 29.8. The fraction of sp³-hybridized carbons (Fsp3) is 0. The Bertz CT molecular complexity index is 1900. The third kappa shape index (κ3) is 6.69. The summed E-state index contributed by atoms with van der Waals surface area (Å²) in [5, 5.41) is 0. The van der Waals surface area contributed by atoms with E-state index in [0.29, 0.717) is 0 Å². The minimum atomic E-state index is 0.785. The molecule has 0 aliphatic rings. The van der Waals surface area contributed by atoms with Crippen LogP contribution in [0.25, 0.3) is 44.5 Å². The van der Waals surface area contributed by atoms with Crippen LogP contribution in [0.1, 0.15) is 0 Å². The Morgan fingerprint density at radius 2 is 0.587 bits per heavy atom. The van der Waals surface area contributed by atoms with Crippen molar-refractivity contribution in [1.29, 1.82) is 0 Å². The standard InChI is InChI=1S/C42H28Br2O2/c43-33-19-11-29(12-20-33)39-27-28-40(30-13-21-34(44)22-14-30)42(32-17-25-38(26-18-32)46-36-9-5-2-6-10-36)41(39)31-15-23-37(24-16-31)45-35-7-3-1-4-8-35/h1-28H. The molecule has 0 unspecified atom stereocenters. The highest BCUT2D eigenvalue weighted by Crippen LogP contribution is 2.46. The first-order valence-electron chi connectivity index (χ1n) is 15.0.